The predicted molar refractivity (Wildman–Crippen MR) is 94.2 cm³/mol. The van der Waals surface area contributed by atoms with E-state index in [1.807, 2.05) is 30.0 Å². The summed E-state index contributed by atoms with van der Waals surface area (Å²) in [5.74, 6) is 0.950. The second-order valence-corrected chi connectivity index (χ2v) is 6.36. The van der Waals surface area contributed by atoms with Gasteiger partial charge in [0.05, 0.1) is 11.3 Å². The zero-order chi connectivity index (χ0) is 17.2. The number of amides is 1. The highest BCUT2D eigenvalue weighted by Gasteiger charge is 2.28. The van der Waals surface area contributed by atoms with Crippen LogP contribution in [0.1, 0.15) is 40.6 Å². The second kappa shape index (κ2) is 6.55. The maximum Gasteiger partial charge on any atom is 0.255 e. The second-order valence-electron chi connectivity index (χ2n) is 6.36. The molecule has 0 radical (unpaired) electrons. The number of aromatic nitrogens is 4. The molecule has 1 atom stereocenters. The molecule has 1 aliphatic rings. The molecule has 4 rings (SSSR count). The number of carbonyl (C=O) groups is 1. The van der Waals surface area contributed by atoms with Gasteiger partial charge in [0.15, 0.2) is 5.65 Å². The number of rotatable bonds is 2. The highest BCUT2D eigenvalue weighted by atomic mass is 16.2. The smallest absolute Gasteiger partial charge is 0.255 e. The number of carbonyl (C=O) groups excluding carboxylic acids is 1. The van der Waals surface area contributed by atoms with Gasteiger partial charge in [0.25, 0.3) is 5.91 Å². The molecule has 0 spiro atoms. The van der Waals surface area contributed by atoms with Gasteiger partial charge < -0.3 is 4.90 Å². The van der Waals surface area contributed by atoms with E-state index in [1.54, 1.807) is 24.7 Å². The molecule has 0 N–H and O–H groups in total. The quantitative estimate of drug-likeness (QED) is 0.721. The predicted octanol–water partition coefficient (Wildman–Crippen LogP) is 2.75. The molecule has 1 fully saturated rings. The Morgan fingerprint density at radius 1 is 1.20 bits per heavy atom. The Bertz CT molecular complexity index is 912. The number of aryl methyl sites for hydroxylation is 1. The van der Waals surface area contributed by atoms with Crippen LogP contribution in [0.3, 0.4) is 0 Å². The monoisotopic (exact) mass is 333 g/mol. The van der Waals surface area contributed by atoms with Gasteiger partial charge in [-0.25, -0.2) is 15.0 Å². The molecule has 1 aliphatic heterocycles. The molecule has 1 saturated heterocycles. The lowest BCUT2D eigenvalue weighted by Gasteiger charge is -2.33. The molecule has 3 aromatic rings. The zero-order valence-electron chi connectivity index (χ0n) is 14.1. The van der Waals surface area contributed by atoms with E-state index < -0.39 is 0 Å². The van der Waals surface area contributed by atoms with Crippen molar-refractivity contribution >= 4 is 16.9 Å². The van der Waals surface area contributed by atoms with E-state index in [1.165, 1.54) is 0 Å². The summed E-state index contributed by atoms with van der Waals surface area (Å²) in [4.78, 5) is 32.2. The third-order valence-corrected chi connectivity index (χ3v) is 4.62. The molecule has 3 aromatic heterocycles. The molecule has 6 nitrogen and oxygen atoms in total. The maximum atomic E-state index is 12.7. The van der Waals surface area contributed by atoms with Crippen LogP contribution in [0.25, 0.3) is 11.0 Å². The molecule has 25 heavy (non-hydrogen) atoms. The summed E-state index contributed by atoms with van der Waals surface area (Å²) in [6, 6.07) is 7.53. The van der Waals surface area contributed by atoms with Crippen LogP contribution in [-0.2, 0) is 0 Å². The molecule has 0 bridgehead atoms. The fourth-order valence-corrected chi connectivity index (χ4v) is 3.47. The van der Waals surface area contributed by atoms with E-state index in [0.717, 1.165) is 41.9 Å². The van der Waals surface area contributed by atoms with Gasteiger partial charge in [-0.3, -0.25) is 9.78 Å². The first kappa shape index (κ1) is 15.6. The number of pyridine rings is 2. The van der Waals surface area contributed by atoms with Crippen molar-refractivity contribution in [2.45, 2.75) is 25.7 Å². The first-order valence-corrected chi connectivity index (χ1v) is 8.51. The summed E-state index contributed by atoms with van der Waals surface area (Å²) in [7, 11) is 0. The third-order valence-electron chi connectivity index (χ3n) is 4.62. The van der Waals surface area contributed by atoms with E-state index in [2.05, 4.69) is 15.0 Å². The van der Waals surface area contributed by atoms with Crippen molar-refractivity contribution in [2.75, 3.05) is 13.1 Å². The summed E-state index contributed by atoms with van der Waals surface area (Å²) in [5.41, 5.74) is 2.36. The minimum absolute atomic E-state index is 0.0333. The van der Waals surface area contributed by atoms with Gasteiger partial charge in [-0.05, 0) is 44.0 Å². The highest BCUT2D eigenvalue weighted by molar-refractivity contribution is 5.94. The molecule has 0 unspecified atom stereocenters. The minimum Gasteiger partial charge on any atom is -0.338 e. The van der Waals surface area contributed by atoms with Gasteiger partial charge in [0.1, 0.15) is 5.82 Å². The van der Waals surface area contributed by atoms with Crippen molar-refractivity contribution in [3.63, 3.8) is 0 Å². The van der Waals surface area contributed by atoms with E-state index >= 15 is 0 Å². The molecular weight excluding hydrogens is 314 g/mol. The third kappa shape index (κ3) is 3.07. The van der Waals surface area contributed by atoms with Crippen LogP contribution in [0.5, 0.6) is 0 Å². The van der Waals surface area contributed by atoms with Crippen LogP contribution in [0.15, 0.2) is 42.9 Å². The lowest BCUT2D eigenvalue weighted by molar-refractivity contribution is 0.0706. The van der Waals surface area contributed by atoms with Crippen LogP contribution in [0.4, 0.5) is 0 Å². The number of likely N-dealkylation sites (tertiary alicyclic amines) is 1. The van der Waals surface area contributed by atoms with Gasteiger partial charge in [0.2, 0.25) is 0 Å². The standard InChI is InChI=1S/C19H19N5O/c1-13-22-17(16-7-3-9-21-18(16)23-13)15-6-4-10-24(12-15)19(25)14-5-2-8-20-11-14/h2-3,5,7-9,11,15H,4,6,10,12H2,1H3/t15-/m1/s1. The molecular formula is C19H19N5O. The summed E-state index contributed by atoms with van der Waals surface area (Å²) in [6.07, 6.45) is 7.02. The molecule has 1 amide bonds. The Morgan fingerprint density at radius 2 is 2.08 bits per heavy atom. The molecule has 6 heteroatoms. The summed E-state index contributed by atoms with van der Waals surface area (Å²) < 4.78 is 0. The van der Waals surface area contributed by atoms with Crippen molar-refractivity contribution in [1.82, 2.24) is 24.8 Å². The van der Waals surface area contributed by atoms with Crippen LogP contribution < -0.4 is 0 Å². The Hall–Kier alpha value is -2.89. The van der Waals surface area contributed by atoms with Crippen LogP contribution in [0.2, 0.25) is 0 Å². The number of hydrogen-bond donors (Lipinski definition) is 0. The Kier molecular flexibility index (Phi) is 4.09. The van der Waals surface area contributed by atoms with Crippen molar-refractivity contribution in [3.8, 4) is 0 Å². The number of nitrogens with zero attached hydrogens (tertiary/aromatic N) is 5. The molecule has 0 aliphatic carbocycles. The Labute approximate surface area is 146 Å². The average Bonchev–Trinajstić information content (AvgIpc) is 2.67. The largest absolute Gasteiger partial charge is 0.338 e. The summed E-state index contributed by atoms with van der Waals surface area (Å²) in [6.45, 7) is 3.32. The first-order chi connectivity index (χ1) is 12.2. The molecule has 126 valence electrons. The zero-order valence-corrected chi connectivity index (χ0v) is 14.1. The van der Waals surface area contributed by atoms with E-state index in [-0.39, 0.29) is 11.8 Å². The van der Waals surface area contributed by atoms with Gasteiger partial charge in [-0.1, -0.05) is 0 Å². The Balaban J connectivity index is 1.65. The highest BCUT2D eigenvalue weighted by Crippen LogP contribution is 2.30. The molecule has 0 aromatic carbocycles. The maximum absolute atomic E-state index is 12.7. The van der Waals surface area contributed by atoms with Crippen LogP contribution in [-0.4, -0.2) is 43.8 Å². The number of hydrogen-bond acceptors (Lipinski definition) is 5. The lowest BCUT2D eigenvalue weighted by atomic mass is 9.92. The fraction of sp³-hybridized carbons (Fsp3) is 0.316. The van der Waals surface area contributed by atoms with Crippen molar-refractivity contribution in [1.29, 1.82) is 0 Å². The topological polar surface area (TPSA) is 71.9 Å². The summed E-state index contributed by atoms with van der Waals surface area (Å²) >= 11 is 0. The normalized spacial score (nSPS) is 17.6. The molecule has 0 saturated carbocycles. The van der Waals surface area contributed by atoms with Crippen molar-refractivity contribution in [2.24, 2.45) is 0 Å². The van der Waals surface area contributed by atoms with Gasteiger partial charge >= 0.3 is 0 Å². The number of piperidine rings is 1. The van der Waals surface area contributed by atoms with E-state index in [4.69, 9.17) is 4.98 Å². The first-order valence-electron chi connectivity index (χ1n) is 8.51. The van der Waals surface area contributed by atoms with Crippen molar-refractivity contribution in [3.05, 3.63) is 59.9 Å². The fourth-order valence-electron chi connectivity index (χ4n) is 3.47. The van der Waals surface area contributed by atoms with Crippen LogP contribution >= 0.6 is 0 Å². The van der Waals surface area contributed by atoms with Gasteiger partial charge in [0, 0.05) is 43.0 Å². The summed E-state index contributed by atoms with van der Waals surface area (Å²) in [5, 5.41) is 0.980. The SMILES string of the molecule is Cc1nc([C@@H]2CCCN(C(=O)c3cccnc3)C2)c2cccnc2n1. The minimum atomic E-state index is 0.0333. The molecule has 4 heterocycles. The van der Waals surface area contributed by atoms with Crippen LogP contribution in [0, 0.1) is 6.92 Å². The average molecular weight is 333 g/mol. The Morgan fingerprint density at radius 3 is 2.92 bits per heavy atom. The lowest BCUT2D eigenvalue weighted by Crippen LogP contribution is -2.39. The number of fused-ring (bicyclic) bond motifs is 1. The van der Waals surface area contributed by atoms with Gasteiger partial charge in [-0.2, -0.15) is 0 Å². The van der Waals surface area contributed by atoms with Gasteiger partial charge in [-0.15, -0.1) is 0 Å². The van der Waals surface area contributed by atoms with E-state index in [0.29, 0.717) is 12.1 Å². The van der Waals surface area contributed by atoms with Crippen molar-refractivity contribution < 1.29 is 4.79 Å². The van der Waals surface area contributed by atoms with E-state index in [9.17, 15) is 4.79 Å².